The Balaban J connectivity index is 1.61. The van der Waals surface area contributed by atoms with Crippen molar-refractivity contribution in [2.75, 3.05) is 32.8 Å². The van der Waals surface area contributed by atoms with Crippen molar-refractivity contribution in [3.8, 4) is 5.75 Å². The van der Waals surface area contributed by atoms with Crippen LogP contribution >= 0.6 is 0 Å². The first-order valence-corrected chi connectivity index (χ1v) is 8.55. The van der Waals surface area contributed by atoms with Gasteiger partial charge in [0.25, 0.3) is 5.91 Å². The fourth-order valence-electron chi connectivity index (χ4n) is 3.62. The number of fused-ring (bicyclic) bond motifs is 1. The lowest BCUT2D eigenvalue weighted by atomic mass is 9.96. The van der Waals surface area contributed by atoms with Crippen LogP contribution < -0.4 is 4.74 Å². The minimum absolute atomic E-state index is 0.0883. The summed E-state index contributed by atoms with van der Waals surface area (Å²) in [5.74, 6) is 1.02. The summed E-state index contributed by atoms with van der Waals surface area (Å²) in [6.45, 7) is 7.38. The SMILES string of the molecule is CCC(CO)N1CCN(C(=O)C2Oc3ccccc3C2C)CC1. The number of ether oxygens (including phenoxy) is 1. The van der Waals surface area contributed by atoms with Gasteiger partial charge < -0.3 is 14.7 Å². The normalized spacial score (nSPS) is 25.8. The zero-order valence-corrected chi connectivity index (χ0v) is 13.9. The van der Waals surface area contributed by atoms with Crippen LogP contribution in [0, 0.1) is 0 Å². The number of carbonyl (C=O) groups is 1. The second-order valence-corrected chi connectivity index (χ2v) is 6.47. The van der Waals surface area contributed by atoms with Crippen molar-refractivity contribution < 1.29 is 14.6 Å². The summed E-state index contributed by atoms with van der Waals surface area (Å²) in [6.07, 6.45) is 0.529. The number of para-hydroxylation sites is 1. The number of hydrogen-bond acceptors (Lipinski definition) is 4. The third kappa shape index (κ3) is 3.08. The van der Waals surface area contributed by atoms with Crippen molar-refractivity contribution in [2.45, 2.75) is 38.3 Å². The van der Waals surface area contributed by atoms with Crippen LogP contribution in [0.25, 0.3) is 0 Å². The van der Waals surface area contributed by atoms with Gasteiger partial charge in [0.1, 0.15) is 5.75 Å². The van der Waals surface area contributed by atoms with Crippen molar-refractivity contribution >= 4 is 5.91 Å². The molecule has 2 aliphatic heterocycles. The van der Waals surface area contributed by atoms with E-state index in [0.29, 0.717) is 13.1 Å². The van der Waals surface area contributed by atoms with Crippen LogP contribution in [0.4, 0.5) is 0 Å². The van der Waals surface area contributed by atoms with E-state index in [0.717, 1.165) is 30.8 Å². The van der Waals surface area contributed by atoms with Crippen LogP contribution in [0.3, 0.4) is 0 Å². The van der Waals surface area contributed by atoms with E-state index in [9.17, 15) is 9.90 Å². The average Bonchev–Trinajstić information content (AvgIpc) is 2.93. The maximum atomic E-state index is 12.8. The monoisotopic (exact) mass is 318 g/mol. The lowest BCUT2D eigenvalue weighted by Gasteiger charge is -2.39. The third-order valence-corrected chi connectivity index (χ3v) is 5.19. The van der Waals surface area contributed by atoms with Crippen molar-refractivity contribution in [2.24, 2.45) is 0 Å². The van der Waals surface area contributed by atoms with Gasteiger partial charge in [-0.05, 0) is 12.5 Å². The standard InChI is InChI=1S/C18H26N2O3/c1-3-14(12-21)19-8-10-20(11-9-19)18(22)17-13(2)15-6-4-5-7-16(15)23-17/h4-7,13-14,17,21H,3,8-12H2,1-2H3. The van der Waals surface area contributed by atoms with Crippen LogP contribution in [0.1, 0.15) is 31.7 Å². The zero-order chi connectivity index (χ0) is 16.4. The molecule has 1 aromatic rings. The largest absolute Gasteiger partial charge is 0.480 e. The van der Waals surface area contributed by atoms with Gasteiger partial charge in [0.05, 0.1) is 6.61 Å². The van der Waals surface area contributed by atoms with E-state index < -0.39 is 6.10 Å². The Bertz CT molecular complexity index is 551. The Morgan fingerprint density at radius 1 is 1.30 bits per heavy atom. The van der Waals surface area contributed by atoms with Gasteiger partial charge in [0.15, 0.2) is 6.10 Å². The molecule has 1 aromatic carbocycles. The van der Waals surface area contributed by atoms with Gasteiger partial charge in [-0.1, -0.05) is 32.0 Å². The van der Waals surface area contributed by atoms with E-state index in [1.165, 1.54) is 0 Å². The topological polar surface area (TPSA) is 53.0 Å². The molecule has 0 spiro atoms. The summed E-state index contributed by atoms with van der Waals surface area (Å²) >= 11 is 0. The highest BCUT2D eigenvalue weighted by Crippen LogP contribution is 2.38. The third-order valence-electron chi connectivity index (χ3n) is 5.19. The number of aliphatic hydroxyl groups is 1. The van der Waals surface area contributed by atoms with Gasteiger partial charge in [0, 0.05) is 43.7 Å². The lowest BCUT2D eigenvalue weighted by Crippen LogP contribution is -2.55. The van der Waals surface area contributed by atoms with E-state index in [1.54, 1.807) is 0 Å². The quantitative estimate of drug-likeness (QED) is 0.913. The fraction of sp³-hybridized carbons (Fsp3) is 0.611. The molecule has 0 radical (unpaired) electrons. The lowest BCUT2D eigenvalue weighted by molar-refractivity contribution is -0.140. The van der Waals surface area contributed by atoms with Gasteiger partial charge in [0.2, 0.25) is 0 Å². The summed E-state index contributed by atoms with van der Waals surface area (Å²) < 4.78 is 5.91. The molecular formula is C18H26N2O3. The molecule has 2 heterocycles. The molecule has 1 fully saturated rings. The van der Waals surface area contributed by atoms with Crippen molar-refractivity contribution in [3.05, 3.63) is 29.8 Å². The summed E-state index contributed by atoms with van der Waals surface area (Å²) in [5, 5.41) is 9.42. The molecule has 1 N–H and O–H groups in total. The number of hydrogen-bond donors (Lipinski definition) is 1. The minimum Gasteiger partial charge on any atom is -0.480 e. The fourth-order valence-corrected chi connectivity index (χ4v) is 3.62. The Hall–Kier alpha value is -1.59. The molecule has 3 rings (SSSR count). The Morgan fingerprint density at radius 2 is 2.00 bits per heavy atom. The Morgan fingerprint density at radius 3 is 2.61 bits per heavy atom. The van der Waals surface area contributed by atoms with E-state index in [2.05, 4.69) is 18.7 Å². The molecule has 1 saturated heterocycles. The molecule has 0 bridgehead atoms. The van der Waals surface area contributed by atoms with Crippen LogP contribution in [-0.2, 0) is 4.79 Å². The molecule has 3 atom stereocenters. The minimum atomic E-state index is -0.404. The Kier molecular flexibility index (Phi) is 4.87. The molecule has 5 nitrogen and oxygen atoms in total. The maximum absolute atomic E-state index is 12.8. The Labute approximate surface area is 137 Å². The smallest absolute Gasteiger partial charge is 0.264 e. The van der Waals surface area contributed by atoms with E-state index in [4.69, 9.17) is 4.74 Å². The molecular weight excluding hydrogens is 292 g/mol. The van der Waals surface area contributed by atoms with E-state index in [1.807, 2.05) is 29.2 Å². The number of amides is 1. The number of aliphatic hydroxyl groups excluding tert-OH is 1. The summed E-state index contributed by atoms with van der Waals surface area (Å²) in [5.41, 5.74) is 1.12. The second-order valence-electron chi connectivity index (χ2n) is 6.47. The highest BCUT2D eigenvalue weighted by Gasteiger charge is 2.39. The first-order valence-electron chi connectivity index (χ1n) is 8.55. The number of piperazine rings is 1. The predicted molar refractivity (Wildman–Crippen MR) is 88.6 cm³/mol. The maximum Gasteiger partial charge on any atom is 0.264 e. The summed E-state index contributed by atoms with van der Waals surface area (Å²) in [7, 11) is 0. The molecule has 23 heavy (non-hydrogen) atoms. The van der Waals surface area contributed by atoms with Gasteiger partial charge >= 0.3 is 0 Å². The summed E-state index contributed by atoms with van der Waals surface area (Å²) in [4.78, 5) is 17.0. The van der Waals surface area contributed by atoms with E-state index in [-0.39, 0.29) is 24.5 Å². The van der Waals surface area contributed by atoms with Gasteiger partial charge in [-0.15, -0.1) is 0 Å². The van der Waals surface area contributed by atoms with Gasteiger partial charge in [-0.25, -0.2) is 0 Å². The second kappa shape index (κ2) is 6.89. The number of carbonyl (C=O) groups excluding carboxylic acids is 1. The van der Waals surface area contributed by atoms with E-state index >= 15 is 0 Å². The van der Waals surface area contributed by atoms with Crippen molar-refractivity contribution in [1.82, 2.24) is 9.80 Å². The molecule has 3 unspecified atom stereocenters. The summed E-state index contributed by atoms with van der Waals surface area (Å²) in [6, 6.07) is 8.11. The average molecular weight is 318 g/mol. The molecule has 0 aliphatic carbocycles. The van der Waals surface area contributed by atoms with Gasteiger partial charge in [-0.3, -0.25) is 9.69 Å². The van der Waals surface area contributed by atoms with Crippen LogP contribution in [-0.4, -0.2) is 65.7 Å². The molecule has 0 saturated carbocycles. The number of nitrogens with zero attached hydrogens (tertiary/aromatic N) is 2. The van der Waals surface area contributed by atoms with Crippen LogP contribution in [0.2, 0.25) is 0 Å². The molecule has 2 aliphatic rings. The molecule has 126 valence electrons. The molecule has 1 amide bonds. The highest BCUT2D eigenvalue weighted by atomic mass is 16.5. The van der Waals surface area contributed by atoms with Crippen molar-refractivity contribution in [3.63, 3.8) is 0 Å². The van der Waals surface area contributed by atoms with Crippen molar-refractivity contribution in [1.29, 1.82) is 0 Å². The van der Waals surface area contributed by atoms with Crippen LogP contribution in [0.15, 0.2) is 24.3 Å². The number of rotatable bonds is 4. The predicted octanol–water partition coefficient (Wildman–Crippen LogP) is 1.47. The molecule has 0 aromatic heterocycles. The first kappa shape index (κ1) is 16.3. The first-order chi connectivity index (χ1) is 11.2. The highest BCUT2D eigenvalue weighted by molar-refractivity contribution is 5.83. The zero-order valence-electron chi connectivity index (χ0n) is 13.9. The van der Waals surface area contributed by atoms with Crippen LogP contribution in [0.5, 0.6) is 5.75 Å². The molecule has 5 heteroatoms. The number of benzene rings is 1. The van der Waals surface area contributed by atoms with Gasteiger partial charge in [-0.2, -0.15) is 0 Å².